The van der Waals surface area contributed by atoms with Gasteiger partial charge in [-0.3, -0.25) is 0 Å². The maximum Gasteiger partial charge on any atom is 0.124 e. The maximum atomic E-state index is 8.77. The Balaban J connectivity index is 2.19. The minimum atomic E-state index is 0.483. The second kappa shape index (κ2) is 5.77. The van der Waals surface area contributed by atoms with E-state index in [1.165, 1.54) is 17.3 Å². The number of nitriles is 1. The summed E-state index contributed by atoms with van der Waals surface area (Å²) in [5.74, 6) is 0.525. The van der Waals surface area contributed by atoms with Crippen molar-refractivity contribution in [3.63, 3.8) is 0 Å². The lowest BCUT2D eigenvalue weighted by Crippen LogP contribution is -1.93. The first-order chi connectivity index (χ1) is 9.10. The Hall–Kier alpha value is -1.99. The number of hydrogen-bond donors (Lipinski definition) is 1. The van der Waals surface area contributed by atoms with Crippen molar-refractivity contribution in [2.45, 2.75) is 29.7 Å². The van der Waals surface area contributed by atoms with Gasteiger partial charge in [0.2, 0.25) is 0 Å². The summed E-state index contributed by atoms with van der Waals surface area (Å²) in [6.07, 6.45) is 1.54. The fraction of sp³-hybridized carbons (Fsp3) is 0.200. The Morgan fingerprint density at radius 3 is 2.47 bits per heavy atom. The zero-order valence-electron chi connectivity index (χ0n) is 10.9. The standard InChI is InChI=1S/C15H15N3S/c1-10(2)12-3-5-13(6-4-12)19-15-14(17)7-11(8-16)9-18-15/h3-7,9-10H,17H2,1-2H3. The zero-order valence-corrected chi connectivity index (χ0v) is 11.7. The summed E-state index contributed by atoms with van der Waals surface area (Å²) >= 11 is 1.51. The number of anilines is 1. The molecule has 96 valence electrons. The summed E-state index contributed by atoms with van der Waals surface area (Å²) in [4.78, 5) is 5.31. The molecule has 2 rings (SSSR count). The van der Waals surface area contributed by atoms with E-state index in [4.69, 9.17) is 11.0 Å². The fourth-order valence-electron chi connectivity index (χ4n) is 1.65. The second-order valence-corrected chi connectivity index (χ2v) is 5.62. The van der Waals surface area contributed by atoms with Crippen molar-refractivity contribution >= 4 is 17.4 Å². The van der Waals surface area contributed by atoms with Gasteiger partial charge in [-0.25, -0.2) is 4.98 Å². The van der Waals surface area contributed by atoms with Gasteiger partial charge < -0.3 is 5.73 Å². The lowest BCUT2D eigenvalue weighted by Gasteiger charge is -2.07. The summed E-state index contributed by atoms with van der Waals surface area (Å²) in [6.45, 7) is 4.34. The number of pyridine rings is 1. The molecule has 0 saturated heterocycles. The third-order valence-electron chi connectivity index (χ3n) is 2.77. The van der Waals surface area contributed by atoms with E-state index in [0.717, 1.165) is 9.92 Å². The van der Waals surface area contributed by atoms with Gasteiger partial charge >= 0.3 is 0 Å². The van der Waals surface area contributed by atoms with Gasteiger partial charge in [-0.15, -0.1) is 0 Å². The summed E-state index contributed by atoms with van der Waals surface area (Å²) in [6, 6.07) is 12.1. The zero-order chi connectivity index (χ0) is 13.8. The average molecular weight is 269 g/mol. The molecule has 0 saturated carbocycles. The molecule has 0 spiro atoms. The molecular formula is C15H15N3S. The van der Waals surface area contributed by atoms with E-state index in [0.29, 0.717) is 17.2 Å². The number of nitrogens with zero attached hydrogens (tertiary/aromatic N) is 2. The molecule has 0 bridgehead atoms. The predicted octanol–water partition coefficient (Wildman–Crippen LogP) is 3.81. The van der Waals surface area contributed by atoms with Crippen molar-refractivity contribution in [2.24, 2.45) is 0 Å². The van der Waals surface area contributed by atoms with Crippen LogP contribution in [-0.2, 0) is 0 Å². The van der Waals surface area contributed by atoms with Crippen LogP contribution in [0.1, 0.15) is 30.9 Å². The highest BCUT2D eigenvalue weighted by atomic mass is 32.2. The van der Waals surface area contributed by atoms with Crippen LogP contribution in [0.2, 0.25) is 0 Å². The monoisotopic (exact) mass is 269 g/mol. The molecule has 1 aromatic heterocycles. The smallest absolute Gasteiger partial charge is 0.124 e. The van der Waals surface area contributed by atoms with Crippen LogP contribution in [0, 0.1) is 11.3 Å². The first-order valence-corrected chi connectivity index (χ1v) is 6.85. The van der Waals surface area contributed by atoms with Gasteiger partial charge in [0, 0.05) is 11.1 Å². The van der Waals surface area contributed by atoms with Crippen LogP contribution < -0.4 is 5.73 Å². The van der Waals surface area contributed by atoms with Crippen LogP contribution in [0.15, 0.2) is 46.5 Å². The molecule has 1 heterocycles. The largest absolute Gasteiger partial charge is 0.396 e. The summed E-state index contributed by atoms with van der Waals surface area (Å²) in [5.41, 5.74) is 8.22. The fourth-order valence-corrected chi connectivity index (χ4v) is 2.43. The number of benzene rings is 1. The highest BCUT2D eigenvalue weighted by Crippen LogP contribution is 2.31. The summed E-state index contributed by atoms with van der Waals surface area (Å²) in [7, 11) is 0. The van der Waals surface area contributed by atoms with Gasteiger partial charge in [-0.2, -0.15) is 5.26 Å². The molecular weight excluding hydrogens is 254 g/mol. The van der Waals surface area contributed by atoms with Gasteiger partial charge in [0.05, 0.1) is 11.3 Å². The number of nitrogens with two attached hydrogens (primary N) is 1. The van der Waals surface area contributed by atoms with Gasteiger partial charge in [-0.1, -0.05) is 37.7 Å². The van der Waals surface area contributed by atoms with Crippen LogP contribution in [0.25, 0.3) is 0 Å². The molecule has 2 aromatic rings. The lowest BCUT2D eigenvalue weighted by atomic mass is 10.0. The van der Waals surface area contributed by atoms with E-state index >= 15 is 0 Å². The molecule has 0 aliphatic carbocycles. The van der Waals surface area contributed by atoms with Crippen LogP contribution in [0.3, 0.4) is 0 Å². The summed E-state index contributed by atoms with van der Waals surface area (Å²) < 4.78 is 0. The normalized spacial score (nSPS) is 10.4. The molecule has 0 fully saturated rings. The maximum absolute atomic E-state index is 8.77. The van der Waals surface area contributed by atoms with Crippen LogP contribution >= 0.6 is 11.8 Å². The van der Waals surface area contributed by atoms with Crippen LogP contribution in [-0.4, -0.2) is 4.98 Å². The second-order valence-electron chi connectivity index (χ2n) is 4.56. The highest BCUT2D eigenvalue weighted by molar-refractivity contribution is 7.99. The number of hydrogen-bond acceptors (Lipinski definition) is 4. The number of nitrogen functional groups attached to an aromatic ring is 1. The third-order valence-corrected chi connectivity index (χ3v) is 3.81. The molecule has 0 atom stereocenters. The van der Waals surface area contributed by atoms with Crippen LogP contribution in [0.5, 0.6) is 0 Å². The molecule has 0 aliphatic heterocycles. The van der Waals surface area contributed by atoms with Gasteiger partial charge in [-0.05, 0) is 29.7 Å². The Kier molecular flexibility index (Phi) is 4.08. The van der Waals surface area contributed by atoms with Crippen LogP contribution in [0.4, 0.5) is 5.69 Å². The SMILES string of the molecule is CC(C)c1ccc(Sc2ncc(C#N)cc2N)cc1. The molecule has 0 amide bonds. The molecule has 0 unspecified atom stereocenters. The molecule has 0 aliphatic rings. The van der Waals surface area contributed by atoms with E-state index in [1.807, 2.05) is 6.07 Å². The Bertz CT molecular complexity index is 612. The van der Waals surface area contributed by atoms with E-state index in [-0.39, 0.29) is 0 Å². The van der Waals surface area contributed by atoms with Gasteiger partial charge in [0.1, 0.15) is 11.1 Å². The minimum absolute atomic E-state index is 0.483. The van der Waals surface area contributed by atoms with E-state index in [2.05, 4.69) is 43.1 Å². The molecule has 3 nitrogen and oxygen atoms in total. The van der Waals surface area contributed by atoms with Gasteiger partial charge in [0.15, 0.2) is 0 Å². The average Bonchev–Trinajstić information content (AvgIpc) is 2.41. The Morgan fingerprint density at radius 2 is 1.95 bits per heavy atom. The molecule has 2 N–H and O–H groups in total. The van der Waals surface area contributed by atoms with Crippen molar-refractivity contribution in [2.75, 3.05) is 5.73 Å². The Labute approximate surface area is 117 Å². The first kappa shape index (κ1) is 13.4. The van der Waals surface area contributed by atoms with Crippen molar-refractivity contribution < 1.29 is 0 Å². The third kappa shape index (κ3) is 3.27. The van der Waals surface area contributed by atoms with Crippen molar-refractivity contribution in [3.05, 3.63) is 47.7 Å². The topological polar surface area (TPSA) is 62.7 Å². The quantitative estimate of drug-likeness (QED) is 0.920. The highest BCUT2D eigenvalue weighted by Gasteiger charge is 2.06. The van der Waals surface area contributed by atoms with E-state index < -0.39 is 0 Å². The number of rotatable bonds is 3. The molecule has 1 aromatic carbocycles. The van der Waals surface area contributed by atoms with Gasteiger partial charge in [0.25, 0.3) is 0 Å². The molecule has 19 heavy (non-hydrogen) atoms. The summed E-state index contributed by atoms with van der Waals surface area (Å²) in [5, 5.41) is 9.51. The first-order valence-electron chi connectivity index (χ1n) is 6.03. The van der Waals surface area contributed by atoms with Crippen molar-refractivity contribution in [3.8, 4) is 6.07 Å². The lowest BCUT2D eigenvalue weighted by molar-refractivity contribution is 0.865. The minimum Gasteiger partial charge on any atom is -0.396 e. The van der Waals surface area contributed by atoms with Crippen molar-refractivity contribution in [1.29, 1.82) is 5.26 Å². The van der Waals surface area contributed by atoms with E-state index in [1.54, 1.807) is 12.3 Å². The number of aromatic nitrogens is 1. The van der Waals surface area contributed by atoms with E-state index in [9.17, 15) is 0 Å². The Morgan fingerprint density at radius 1 is 1.26 bits per heavy atom. The molecule has 0 radical (unpaired) electrons. The predicted molar refractivity (Wildman–Crippen MR) is 78.0 cm³/mol. The molecule has 4 heteroatoms. The van der Waals surface area contributed by atoms with Crippen molar-refractivity contribution in [1.82, 2.24) is 4.98 Å².